The fourth-order valence-corrected chi connectivity index (χ4v) is 4.73. The third-order valence-corrected chi connectivity index (χ3v) is 6.12. The smallest absolute Gasteiger partial charge is 0.319 e. The van der Waals surface area contributed by atoms with Crippen LogP contribution in [0.5, 0.6) is 0 Å². The molecule has 1 aliphatic heterocycles. The fourth-order valence-electron chi connectivity index (χ4n) is 3.33. The van der Waals surface area contributed by atoms with Crippen molar-refractivity contribution in [2.45, 2.75) is 37.6 Å². The van der Waals surface area contributed by atoms with Gasteiger partial charge >= 0.3 is 6.03 Å². The second-order valence-corrected chi connectivity index (χ2v) is 7.32. The molecule has 1 aromatic rings. The molecule has 6 heteroatoms. The van der Waals surface area contributed by atoms with Gasteiger partial charge in [0.2, 0.25) is 0 Å². The van der Waals surface area contributed by atoms with Crippen molar-refractivity contribution in [3.05, 3.63) is 15.6 Å². The van der Waals surface area contributed by atoms with Gasteiger partial charge in [-0.1, -0.05) is 0 Å². The van der Waals surface area contributed by atoms with Crippen molar-refractivity contribution in [1.29, 1.82) is 0 Å². The molecule has 0 radical (unpaired) electrons. The van der Waals surface area contributed by atoms with Crippen LogP contribution in [-0.4, -0.2) is 55.0 Å². The summed E-state index contributed by atoms with van der Waals surface area (Å²) in [5, 5.41) is 4.74. The van der Waals surface area contributed by atoms with Crippen LogP contribution in [0.3, 0.4) is 0 Å². The molecule has 116 valence electrons. The molecule has 0 spiro atoms. The van der Waals surface area contributed by atoms with Crippen LogP contribution in [0.1, 0.15) is 34.8 Å². The van der Waals surface area contributed by atoms with Crippen molar-refractivity contribution in [3.63, 3.8) is 0 Å². The number of aromatic nitrogens is 1. The molecule has 2 heterocycles. The van der Waals surface area contributed by atoms with Crippen LogP contribution in [0, 0.1) is 0 Å². The molecule has 2 aliphatic rings. The zero-order valence-electron chi connectivity index (χ0n) is 13.1. The van der Waals surface area contributed by atoms with Crippen molar-refractivity contribution in [1.82, 2.24) is 20.1 Å². The molecule has 3 rings (SSSR count). The molecule has 0 aromatic carbocycles. The lowest BCUT2D eigenvalue weighted by Crippen LogP contribution is -2.53. The predicted octanol–water partition coefficient (Wildman–Crippen LogP) is 1.82. The van der Waals surface area contributed by atoms with Gasteiger partial charge in [-0.05, 0) is 39.2 Å². The Hall–Kier alpha value is -1.14. The monoisotopic (exact) mass is 308 g/mol. The van der Waals surface area contributed by atoms with E-state index >= 15 is 0 Å². The van der Waals surface area contributed by atoms with E-state index in [9.17, 15) is 4.79 Å². The number of hydrogen-bond acceptors (Lipinski definition) is 4. The molecule has 0 saturated carbocycles. The molecule has 1 aliphatic carbocycles. The minimum atomic E-state index is -0.0436. The van der Waals surface area contributed by atoms with Crippen LogP contribution in [0.4, 0.5) is 4.79 Å². The normalized spacial score (nSPS) is 20.4. The molecule has 21 heavy (non-hydrogen) atoms. The van der Waals surface area contributed by atoms with Gasteiger partial charge in [-0.15, -0.1) is 11.3 Å². The van der Waals surface area contributed by atoms with Gasteiger partial charge in [0.15, 0.2) is 0 Å². The van der Waals surface area contributed by atoms with Gasteiger partial charge in [0.25, 0.3) is 0 Å². The number of urea groups is 1. The van der Waals surface area contributed by atoms with Gasteiger partial charge in [-0.25, -0.2) is 9.78 Å². The summed E-state index contributed by atoms with van der Waals surface area (Å²) < 4.78 is 0. The third-order valence-electron chi connectivity index (χ3n) is 4.75. The molecule has 0 unspecified atom stereocenters. The molecule has 0 bridgehead atoms. The highest BCUT2D eigenvalue weighted by molar-refractivity contribution is 7.12. The number of nitrogens with one attached hydrogen (secondary N) is 1. The Kier molecular flexibility index (Phi) is 3.92. The van der Waals surface area contributed by atoms with E-state index in [0.717, 1.165) is 32.4 Å². The highest BCUT2D eigenvalue weighted by Gasteiger charge is 2.39. The SMILES string of the molecule is CNC1(c2nc3c(s2)CCC3)CCN(C(=O)N(C)C)CC1. The largest absolute Gasteiger partial charge is 0.331 e. The maximum atomic E-state index is 12.1. The standard InChI is InChI=1S/C15H24N4OS/c1-16-15(13-17-11-5-4-6-12(11)21-13)7-9-19(10-8-15)14(20)18(2)3/h16H,4-10H2,1-3H3. The van der Waals surface area contributed by atoms with Crippen molar-refractivity contribution < 1.29 is 4.79 Å². The van der Waals surface area contributed by atoms with Crippen LogP contribution in [-0.2, 0) is 18.4 Å². The Morgan fingerprint density at radius 2 is 2.05 bits per heavy atom. The van der Waals surface area contributed by atoms with Crippen LogP contribution < -0.4 is 5.32 Å². The topological polar surface area (TPSA) is 48.5 Å². The number of carbonyl (C=O) groups excluding carboxylic acids is 1. The van der Waals surface area contributed by atoms with Crippen LogP contribution >= 0.6 is 11.3 Å². The van der Waals surface area contributed by atoms with Gasteiger partial charge in [-0.2, -0.15) is 0 Å². The quantitative estimate of drug-likeness (QED) is 0.907. The second-order valence-electron chi connectivity index (χ2n) is 6.24. The molecule has 1 saturated heterocycles. The molecule has 1 N–H and O–H groups in total. The fraction of sp³-hybridized carbons (Fsp3) is 0.733. The minimum absolute atomic E-state index is 0.0436. The maximum Gasteiger partial charge on any atom is 0.319 e. The number of likely N-dealkylation sites (tertiary alicyclic amines) is 1. The van der Waals surface area contributed by atoms with Gasteiger partial charge in [-0.3, -0.25) is 0 Å². The number of fused-ring (bicyclic) bond motifs is 1. The van der Waals surface area contributed by atoms with E-state index in [4.69, 9.17) is 4.98 Å². The third kappa shape index (κ3) is 2.55. The number of amides is 2. The van der Waals surface area contributed by atoms with E-state index in [0.29, 0.717) is 0 Å². The van der Waals surface area contributed by atoms with E-state index in [1.54, 1.807) is 4.90 Å². The van der Waals surface area contributed by atoms with Gasteiger partial charge in [0.1, 0.15) is 5.01 Å². The zero-order valence-corrected chi connectivity index (χ0v) is 13.9. The Bertz CT molecular complexity index is 510. The Morgan fingerprint density at radius 1 is 1.33 bits per heavy atom. The number of rotatable bonds is 2. The van der Waals surface area contributed by atoms with Gasteiger partial charge in [0, 0.05) is 32.1 Å². The molecule has 5 nitrogen and oxygen atoms in total. The van der Waals surface area contributed by atoms with E-state index in [2.05, 4.69) is 5.32 Å². The van der Waals surface area contributed by atoms with Crippen molar-refractivity contribution >= 4 is 17.4 Å². The molecule has 1 aromatic heterocycles. The number of aryl methyl sites for hydroxylation is 2. The van der Waals surface area contributed by atoms with Crippen LogP contribution in [0.2, 0.25) is 0 Å². The zero-order chi connectivity index (χ0) is 15.0. The van der Waals surface area contributed by atoms with E-state index in [1.165, 1.54) is 28.4 Å². The summed E-state index contributed by atoms with van der Waals surface area (Å²) in [6.45, 7) is 1.59. The molecule has 2 amide bonds. The summed E-state index contributed by atoms with van der Waals surface area (Å²) >= 11 is 1.88. The van der Waals surface area contributed by atoms with Crippen LogP contribution in [0.15, 0.2) is 0 Å². The molecule has 0 atom stereocenters. The lowest BCUT2D eigenvalue weighted by molar-refractivity contribution is 0.127. The number of nitrogens with zero attached hydrogens (tertiary/aromatic N) is 3. The predicted molar refractivity (Wildman–Crippen MR) is 84.8 cm³/mol. The van der Waals surface area contributed by atoms with Crippen molar-refractivity contribution in [2.24, 2.45) is 0 Å². The summed E-state index contributed by atoms with van der Waals surface area (Å²) in [4.78, 5) is 22.0. The Balaban J connectivity index is 1.75. The Labute approximate surface area is 130 Å². The average molecular weight is 308 g/mol. The van der Waals surface area contributed by atoms with Gasteiger partial charge < -0.3 is 15.1 Å². The summed E-state index contributed by atoms with van der Waals surface area (Å²) in [5.41, 5.74) is 1.27. The number of thiazole rings is 1. The van der Waals surface area contributed by atoms with E-state index < -0.39 is 0 Å². The van der Waals surface area contributed by atoms with Crippen molar-refractivity contribution in [2.75, 3.05) is 34.2 Å². The summed E-state index contributed by atoms with van der Waals surface area (Å²) in [7, 11) is 5.65. The first-order chi connectivity index (χ1) is 10.1. The first-order valence-corrected chi connectivity index (χ1v) is 8.51. The van der Waals surface area contributed by atoms with Crippen molar-refractivity contribution in [3.8, 4) is 0 Å². The van der Waals surface area contributed by atoms with E-state index in [-0.39, 0.29) is 11.6 Å². The summed E-state index contributed by atoms with van der Waals surface area (Å²) in [6.07, 6.45) is 5.46. The number of hydrogen-bond donors (Lipinski definition) is 1. The molecule has 1 fully saturated rings. The lowest BCUT2D eigenvalue weighted by atomic mass is 9.88. The first-order valence-electron chi connectivity index (χ1n) is 7.70. The first kappa shape index (κ1) is 14.8. The lowest BCUT2D eigenvalue weighted by Gasteiger charge is -2.41. The summed E-state index contributed by atoms with van der Waals surface area (Å²) in [5.74, 6) is 0. The average Bonchev–Trinajstić information content (AvgIpc) is 3.08. The minimum Gasteiger partial charge on any atom is -0.331 e. The summed E-state index contributed by atoms with van der Waals surface area (Å²) in [6, 6.07) is 0.112. The van der Waals surface area contributed by atoms with Gasteiger partial charge in [0.05, 0.1) is 11.2 Å². The number of piperidine rings is 1. The maximum absolute atomic E-state index is 12.1. The second kappa shape index (κ2) is 5.57. The van der Waals surface area contributed by atoms with E-state index in [1.807, 2.05) is 37.4 Å². The number of carbonyl (C=O) groups is 1. The molecular weight excluding hydrogens is 284 g/mol. The Morgan fingerprint density at radius 3 is 2.62 bits per heavy atom. The van der Waals surface area contributed by atoms with Crippen LogP contribution in [0.25, 0.3) is 0 Å². The highest BCUT2D eigenvalue weighted by atomic mass is 32.1. The molecular formula is C15H24N4OS. The highest BCUT2D eigenvalue weighted by Crippen LogP contribution is 2.38.